The monoisotopic (exact) mass is 553 g/mol. The smallest absolute Gasteiger partial charge is 0.178 e. The van der Waals surface area contributed by atoms with Crippen LogP contribution in [0.1, 0.15) is 65.4 Å². The molecule has 7 heteroatoms. The van der Waals surface area contributed by atoms with Crippen LogP contribution in [0.15, 0.2) is 54.1 Å². The standard InChI is InChI=1S/C33H41F2NO4/c1-5-27(38)32-22(20-36(40-32)15-9-12-21-10-7-6-8-11-21)16-26-30(32,3)19-28(39)33(35)29(2)14-13-23(37)17-24(29)25(34)18-31(26,33)4/h6-8,10-11,13-14,17,22,25-26,28,39H,5,9,12,15-16,18-20H2,1-4H3/t22-,25-,26+,28-,29-,30-,31-,32-,33-/m0/s1. The van der Waals surface area contributed by atoms with E-state index in [1.54, 1.807) is 13.8 Å². The first-order valence-corrected chi connectivity index (χ1v) is 14.8. The SMILES string of the molecule is CCC(=O)[C@@]12ON(CCCc3ccccc3)C[C@@H]1C[C@H]1[C@]3(C)C[C@H](F)C4=CC(=O)C=C[C@]4(C)[C@@]3(F)[C@@H](O)C[C@@]12C. The van der Waals surface area contributed by atoms with Crippen LogP contribution in [-0.2, 0) is 20.8 Å². The number of halogens is 2. The molecule has 4 fully saturated rings. The number of aliphatic hydroxyl groups excluding tert-OH is 1. The zero-order chi connectivity index (χ0) is 28.7. The molecule has 1 aromatic rings. The maximum atomic E-state index is 17.9. The predicted molar refractivity (Wildman–Crippen MR) is 148 cm³/mol. The second kappa shape index (κ2) is 9.14. The molecule has 40 heavy (non-hydrogen) atoms. The topological polar surface area (TPSA) is 66.8 Å². The van der Waals surface area contributed by atoms with Crippen LogP contribution in [0.4, 0.5) is 8.78 Å². The number of alkyl halides is 2. The molecule has 1 aliphatic heterocycles. The summed E-state index contributed by atoms with van der Waals surface area (Å²) in [5, 5.41) is 13.7. The summed E-state index contributed by atoms with van der Waals surface area (Å²) in [6, 6.07) is 10.2. The van der Waals surface area contributed by atoms with Gasteiger partial charge in [0.25, 0.3) is 0 Å². The number of ketones is 2. The summed E-state index contributed by atoms with van der Waals surface area (Å²) in [5.74, 6) is -0.953. The van der Waals surface area contributed by atoms with Crippen molar-refractivity contribution in [2.45, 2.75) is 89.8 Å². The Kier molecular flexibility index (Phi) is 6.38. The molecule has 4 aliphatic carbocycles. The summed E-state index contributed by atoms with van der Waals surface area (Å²) in [5.41, 5.74) is -5.66. The lowest BCUT2D eigenvalue weighted by Crippen LogP contribution is -2.74. The van der Waals surface area contributed by atoms with E-state index in [0.29, 0.717) is 19.5 Å². The highest BCUT2D eigenvalue weighted by Gasteiger charge is 2.82. The number of allylic oxidation sites excluding steroid dienone is 4. The van der Waals surface area contributed by atoms with Gasteiger partial charge in [0.1, 0.15) is 6.17 Å². The number of aryl methyl sites for hydroxylation is 1. The highest BCUT2D eigenvalue weighted by Crippen LogP contribution is 2.77. The Bertz CT molecular complexity index is 1280. The van der Waals surface area contributed by atoms with E-state index >= 15 is 8.78 Å². The van der Waals surface area contributed by atoms with Gasteiger partial charge in [0.15, 0.2) is 22.8 Å². The van der Waals surface area contributed by atoms with Gasteiger partial charge in [0.05, 0.1) is 6.10 Å². The van der Waals surface area contributed by atoms with Crippen molar-refractivity contribution in [3.05, 3.63) is 59.7 Å². The van der Waals surface area contributed by atoms with Gasteiger partial charge in [-0.15, -0.1) is 0 Å². The maximum absolute atomic E-state index is 17.9. The van der Waals surface area contributed by atoms with E-state index in [2.05, 4.69) is 12.1 Å². The van der Waals surface area contributed by atoms with Crippen LogP contribution < -0.4 is 0 Å². The van der Waals surface area contributed by atoms with Crippen molar-refractivity contribution in [1.82, 2.24) is 5.06 Å². The second-order valence-electron chi connectivity index (χ2n) is 13.5. The number of Topliss-reactive ketones (excluding diaryl/α,β-unsaturated/α-hetero) is 1. The molecule has 1 N–H and O–H groups in total. The minimum Gasteiger partial charge on any atom is -0.390 e. The van der Waals surface area contributed by atoms with Gasteiger partial charge in [-0.2, -0.15) is 5.06 Å². The second-order valence-corrected chi connectivity index (χ2v) is 13.5. The number of fused-ring (bicyclic) bond motifs is 7. The van der Waals surface area contributed by atoms with Crippen LogP contribution in [0.25, 0.3) is 0 Å². The lowest BCUT2D eigenvalue weighted by atomic mass is 9.38. The molecule has 3 saturated carbocycles. The van der Waals surface area contributed by atoms with Gasteiger partial charge in [0.2, 0.25) is 0 Å². The minimum atomic E-state index is -2.21. The van der Waals surface area contributed by atoms with E-state index < -0.39 is 39.8 Å². The van der Waals surface area contributed by atoms with E-state index in [-0.39, 0.29) is 48.2 Å². The zero-order valence-electron chi connectivity index (χ0n) is 24.0. The van der Waals surface area contributed by atoms with Crippen LogP contribution in [0, 0.1) is 28.1 Å². The Morgan fingerprint density at radius 3 is 2.58 bits per heavy atom. The van der Waals surface area contributed by atoms with E-state index in [1.807, 2.05) is 37.1 Å². The number of rotatable bonds is 6. The lowest BCUT2D eigenvalue weighted by Gasteiger charge is -2.68. The van der Waals surface area contributed by atoms with Crippen molar-refractivity contribution < 1.29 is 28.3 Å². The lowest BCUT2D eigenvalue weighted by molar-refractivity contribution is -0.288. The van der Waals surface area contributed by atoms with Gasteiger partial charge in [0, 0.05) is 41.7 Å². The summed E-state index contributed by atoms with van der Waals surface area (Å²) in [6.45, 7) is 8.38. The molecule has 0 amide bonds. The molecule has 1 heterocycles. The molecule has 0 bridgehead atoms. The molecule has 5 aliphatic rings. The quantitative estimate of drug-likeness (QED) is 0.503. The Labute approximate surface area is 235 Å². The number of aliphatic hydroxyl groups is 1. The molecule has 1 aromatic carbocycles. The van der Waals surface area contributed by atoms with Crippen LogP contribution in [0.5, 0.6) is 0 Å². The molecule has 216 valence electrons. The third kappa shape index (κ3) is 3.34. The average Bonchev–Trinajstić information content (AvgIpc) is 3.41. The molecule has 0 spiro atoms. The van der Waals surface area contributed by atoms with Crippen molar-refractivity contribution in [1.29, 1.82) is 0 Å². The number of carbonyl (C=O) groups is 2. The van der Waals surface area contributed by atoms with Crippen molar-refractivity contribution >= 4 is 11.6 Å². The first kappa shape index (κ1) is 27.9. The molecule has 0 aromatic heterocycles. The van der Waals surface area contributed by atoms with Gasteiger partial charge >= 0.3 is 0 Å². The fourth-order valence-electron chi connectivity index (χ4n) is 9.99. The average molecular weight is 554 g/mol. The van der Waals surface area contributed by atoms with Gasteiger partial charge in [-0.05, 0) is 68.2 Å². The summed E-state index contributed by atoms with van der Waals surface area (Å²) in [7, 11) is 0. The van der Waals surface area contributed by atoms with Crippen molar-refractivity contribution in [3.8, 4) is 0 Å². The Hall–Kier alpha value is -2.22. The van der Waals surface area contributed by atoms with Crippen LogP contribution >= 0.6 is 0 Å². The maximum Gasteiger partial charge on any atom is 0.178 e. The number of nitrogens with zero attached hydrogens (tertiary/aromatic N) is 1. The summed E-state index contributed by atoms with van der Waals surface area (Å²) < 4.78 is 33.8. The third-order valence-electron chi connectivity index (χ3n) is 11.7. The number of hydrogen-bond donors (Lipinski definition) is 1. The molecule has 9 atom stereocenters. The highest BCUT2D eigenvalue weighted by atomic mass is 19.1. The van der Waals surface area contributed by atoms with Gasteiger partial charge in [-0.1, -0.05) is 57.2 Å². The Balaban J connectivity index is 1.35. The molecule has 0 unspecified atom stereocenters. The third-order valence-corrected chi connectivity index (χ3v) is 11.7. The van der Waals surface area contributed by atoms with Crippen LogP contribution in [-0.4, -0.2) is 58.4 Å². The van der Waals surface area contributed by atoms with Crippen LogP contribution in [0.3, 0.4) is 0 Å². The largest absolute Gasteiger partial charge is 0.390 e. The molecule has 0 radical (unpaired) electrons. The number of hydroxylamine groups is 2. The fraction of sp³-hybridized carbons (Fsp3) is 0.636. The van der Waals surface area contributed by atoms with Crippen molar-refractivity contribution in [3.63, 3.8) is 0 Å². The summed E-state index contributed by atoms with van der Waals surface area (Å²) in [4.78, 5) is 32.8. The number of benzene rings is 1. The van der Waals surface area contributed by atoms with E-state index in [9.17, 15) is 14.7 Å². The Morgan fingerprint density at radius 2 is 1.88 bits per heavy atom. The molecule has 5 nitrogen and oxygen atoms in total. The van der Waals surface area contributed by atoms with Gasteiger partial charge < -0.3 is 5.11 Å². The van der Waals surface area contributed by atoms with Gasteiger partial charge in [-0.3, -0.25) is 14.4 Å². The zero-order valence-corrected chi connectivity index (χ0v) is 24.0. The molecule has 6 rings (SSSR count). The van der Waals surface area contributed by atoms with E-state index in [0.717, 1.165) is 12.8 Å². The first-order valence-electron chi connectivity index (χ1n) is 14.8. The number of carbonyl (C=O) groups excluding carboxylic acids is 2. The first-order chi connectivity index (χ1) is 18.9. The molecule has 1 saturated heterocycles. The summed E-state index contributed by atoms with van der Waals surface area (Å²) in [6.07, 6.45) is 3.44. The predicted octanol–water partition coefficient (Wildman–Crippen LogP) is 5.52. The molecular weight excluding hydrogens is 512 g/mol. The van der Waals surface area contributed by atoms with E-state index in [1.165, 1.54) is 23.8 Å². The fourth-order valence-corrected chi connectivity index (χ4v) is 9.99. The number of hydrogen-bond acceptors (Lipinski definition) is 5. The highest BCUT2D eigenvalue weighted by molar-refractivity contribution is 6.01. The van der Waals surface area contributed by atoms with E-state index in [4.69, 9.17) is 4.84 Å². The normalized spacial score (nSPS) is 45.9. The Morgan fingerprint density at radius 1 is 1.15 bits per heavy atom. The van der Waals surface area contributed by atoms with Gasteiger partial charge in [-0.25, -0.2) is 8.78 Å². The molecular formula is C33H41F2NO4. The van der Waals surface area contributed by atoms with Crippen LogP contribution in [0.2, 0.25) is 0 Å². The minimum absolute atomic E-state index is 0.0298. The van der Waals surface area contributed by atoms with Crippen molar-refractivity contribution in [2.75, 3.05) is 13.1 Å². The summed E-state index contributed by atoms with van der Waals surface area (Å²) >= 11 is 0. The van der Waals surface area contributed by atoms with Crippen molar-refractivity contribution in [2.24, 2.45) is 28.1 Å².